The van der Waals surface area contributed by atoms with Crippen molar-refractivity contribution in [2.24, 2.45) is 0 Å². The summed E-state index contributed by atoms with van der Waals surface area (Å²) in [6, 6.07) is 5.03. The molecular weight excluding hydrogens is 244 g/mol. The average Bonchev–Trinajstić information content (AvgIpc) is 2.57. The van der Waals surface area contributed by atoms with Gasteiger partial charge in [0.05, 0.1) is 4.92 Å². The Morgan fingerprint density at radius 2 is 2.11 bits per heavy atom. The number of nitrogens with zero attached hydrogens (tertiary/aromatic N) is 3. The fraction of sp³-hybridized carbons (Fsp3) is 0.538. The molecule has 1 saturated heterocycles. The van der Waals surface area contributed by atoms with Gasteiger partial charge in [0, 0.05) is 25.7 Å². The van der Waals surface area contributed by atoms with Crippen LogP contribution < -0.4 is 5.73 Å². The van der Waals surface area contributed by atoms with Gasteiger partial charge in [-0.25, -0.2) is 0 Å². The molecule has 0 atom stereocenters. The first-order valence-electron chi connectivity index (χ1n) is 6.50. The molecule has 1 aromatic carbocycles. The molecule has 6 heteroatoms. The summed E-state index contributed by atoms with van der Waals surface area (Å²) >= 11 is 0. The number of benzene rings is 1. The number of nitrogens with two attached hydrogens (primary N) is 1. The van der Waals surface area contributed by atoms with Gasteiger partial charge in [0.2, 0.25) is 0 Å². The second-order valence-corrected chi connectivity index (χ2v) is 5.04. The van der Waals surface area contributed by atoms with E-state index < -0.39 is 4.92 Å². The third kappa shape index (κ3) is 3.42. The molecule has 1 aromatic rings. The van der Waals surface area contributed by atoms with Crippen LogP contribution in [0.25, 0.3) is 0 Å². The van der Waals surface area contributed by atoms with Crippen LogP contribution in [0.4, 0.5) is 11.4 Å². The van der Waals surface area contributed by atoms with Gasteiger partial charge >= 0.3 is 0 Å². The van der Waals surface area contributed by atoms with Crippen molar-refractivity contribution in [1.82, 2.24) is 9.80 Å². The van der Waals surface area contributed by atoms with E-state index in [1.165, 1.54) is 6.07 Å². The highest BCUT2D eigenvalue weighted by Crippen LogP contribution is 2.26. The molecule has 2 rings (SSSR count). The molecule has 0 radical (unpaired) electrons. The fourth-order valence-electron chi connectivity index (χ4n) is 2.40. The molecule has 1 heterocycles. The lowest BCUT2D eigenvalue weighted by Crippen LogP contribution is -2.28. The molecule has 6 nitrogen and oxygen atoms in total. The predicted molar refractivity (Wildman–Crippen MR) is 74.9 cm³/mol. The molecule has 0 amide bonds. The van der Waals surface area contributed by atoms with Crippen molar-refractivity contribution in [2.75, 3.05) is 39.0 Å². The summed E-state index contributed by atoms with van der Waals surface area (Å²) < 4.78 is 0. The molecular formula is C13H20N4O2. The van der Waals surface area contributed by atoms with E-state index >= 15 is 0 Å². The maximum atomic E-state index is 10.9. The van der Waals surface area contributed by atoms with Crippen LogP contribution in [0.5, 0.6) is 0 Å². The van der Waals surface area contributed by atoms with Gasteiger partial charge in [-0.15, -0.1) is 0 Å². The zero-order valence-electron chi connectivity index (χ0n) is 11.2. The molecule has 19 heavy (non-hydrogen) atoms. The van der Waals surface area contributed by atoms with Gasteiger partial charge in [0.1, 0.15) is 5.69 Å². The van der Waals surface area contributed by atoms with Gasteiger partial charge in [-0.1, -0.05) is 12.1 Å². The number of para-hydroxylation sites is 1. The summed E-state index contributed by atoms with van der Waals surface area (Å²) in [7, 11) is 2.12. The van der Waals surface area contributed by atoms with E-state index in [2.05, 4.69) is 16.8 Å². The van der Waals surface area contributed by atoms with Crippen molar-refractivity contribution in [3.8, 4) is 0 Å². The number of nitro groups is 1. The molecule has 0 aromatic heterocycles. The van der Waals surface area contributed by atoms with Gasteiger partial charge in [0.25, 0.3) is 5.69 Å². The largest absolute Gasteiger partial charge is 0.393 e. The number of anilines is 1. The van der Waals surface area contributed by atoms with Crippen LogP contribution in [0, 0.1) is 10.1 Å². The fourth-order valence-corrected chi connectivity index (χ4v) is 2.40. The van der Waals surface area contributed by atoms with Crippen molar-refractivity contribution in [1.29, 1.82) is 0 Å². The van der Waals surface area contributed by atoms with Crippen LogP contribution in [0.2, 0.25) is 0 Å². The van der Waals surface area contributed by atoms with Crippen LogP contribution in [0.3, 0.4) is 0 Å². The molecule has 1 aliphatic heterocycles. The van der Waals surface area contributed by atoms with E-state index in [1.807, 2.05) is 6.07 Å². The number of hydrogen-bond acceptors (Lipinski definition) is 5. The summed E-state index contributed by atoms with van der Waals surface area (Å²) in [4.78, 5) is 15.1. The van der Waals surface area contributed by atoms with Crippen LogP contribution >= 0.6 is 0 Å². The molecule has 1 fully saturated rings. The minimum Gasteiger partial charge on any atom is -0.393 e. The number of hydrogen-bond donors (Lipinski definition) is 1. The van der Waals surface area contributed by atoms with E-state index in [-0.39, 0.29) is 5.69 Å². The second kappa shape index (κ2) is 5.99. The highest BCUT2D eigenvalue weighted by atomic mass is 16.6. The average molecular weight is 264 g/mol. The van der Waals surface area contributed by atoms with Crippen LogP contribution in [0.1, 0.15) is 12.0 Å². The Labute approximate surface area is 112 Å². The van der Waals surface area contributed by atoms with Gasteiger partial charge in [-0.05, 0) is 32.1 Å². The SMILES string of the molecule is CN1CCCN(Cc2cccc([N+](=O)[O-])c2N)CC1. The summed E-state index contributed by atoms with van der Waals surface area (Å²) in [6.07, 6.45) is 1.12. The summed E-state index contributed by atoms with van der Waals surface area (Å²) in [5.74, 6) is 0. The summed E-state index contributed by atoms with van der Waals surface area (Å²) in [6.45, 7) is 4.78. The molecule has 2 N–H and O–H groups in total. The van der Waals surface area contributed by atoms with Crippen LogP contribution in [0.15, 0.2) is 18.2 Å². The minimum atomic E-state index is -0.422. The van der Waals surface area contributed by atoms with Crippen LogP contribution in [-0.2, 0) is 6.54 Å². The molecule has 0 saturated carbocycles. The zero-order chi connectivity index (χ0) is 13.8. The maximum absolute atomic E-state index is 10.9. The standard InChI is InChI=1S/C13H20N4O2/c1-15-6-3-7-16(9-8-15)10-11-4-2-5-12(13(11)14)17(18)19/h2,4-5H,3,6-10,14H2,1H3. The lowest BCUT2D eigenvalue weighted by molar-refractivity contribution is -0.384. The van der Waals surface area contributed by atoms with E-state index in [0.717, 1.165) is 38.2 Å². The number of nitro benzene ring substituents is 1. The highest BCUT2D eigenvalue weighted by Gasteiger charge is 2.17. The lowest BCUT2D eigenvalue weighted by Gasteiger charge is -2.20. The minimum absolute atomic E-state index is 0.00411. The Hall–Kier alpha value is -1.66. The first kappa shape index (κ1) is 13.8. The van der Waals surface area contributed by atoms with Gasteiger partial charge in [0.15, 0.2) is 0 Å². The molecule has 0 spiro atoms. The molecule has 0 unspecified atom stereocenters. The smallest absolute Gasteiger partial charge is 0.292 e. The monoisotopic (exact) mass is 264 g/mol. The van der Waals surface area contributed by atoms with E-state index in [9.17, 15) is 10.1 Å². The Morgan fingerprint density at radius 1 is 1.32 bits per heavy atom. The van der Waals surface area contributed by atoms with Crippen molar-refractivity contribution in [3.63, 3.8) is 0 Å². The maximum Gasteiger partial charge on any atom is 0.292 e. The highest BCUT2D eigenvalue weighted by molar-refractivity contribution is 5.62. The van der Waals surface area contributed by atoms with Crippen molar-refractivity contribution in [2.45, 2.75) is 13.0 Å². The lowest BCUT2D eigenvalue weighted by atomic mass is 10.1. The Kier molecular flexibility index (Phi) is 4.34. The first-order valence-corrected chi connectivity index (χ1v) is 6.50. The zero-order valence-corrected chi connectivity index (χ0v) is 11.2. The molecule has 104 valence electrons. The van der Waals surface area contributed by atoms with E-state index in [0.29, 0.717) is 12.2 Å². The Balaban J connectivity index is 2.10. The van der Waals surface area contributed by atoms with Crippen LogP contribution in [-0.4, -0.2) is 47.9 Å². The third-order valence-corrected chi connectivity index (χ3v) is 3.58. The topological polar surface area (TPSA) is 75.6 Å². The quantitative estimate of drug-likeness (QED) is 0.506. The van der Waals surface area contributed by atoms with Crippen molar-refractivity contribution >= 4 is 11.4 Å². The third-order valence-electron chi connectivity index (χ3n) is 3.58. The number of nitrogen functional groups attached to an aromatic ring is 1. The molecule has 0 aliphatic carbocycles. The first-order chi connectivity index (χ1) is 9.08. The molecule has 1 aliphatic rings. The second-order valence-electron chi connectivity index (χ2n) is 5.04. The van der Waals surface area contributed by atoms with Crippen molar-refractivity contribution in [3.05, 3.63) is 33.9 Å². The van der Waals surface area contributed by atoms with E-state index in [1.54, 1.807) is 6.07 Å². The van der Waals surface area contributed by atoms with Crippen molar-refractivity contribution < 1.29 is 4.92 Å². The Bertz CT molecular complexity index is 464. The van der Waals surface area contributed by atoms with Gasteiger partial charge < -0.3 is 10.6 Å². The Morgan fingerprint density at radius 3 is 2.84 bits per heavy atom. The number of rotatable bonds is 3. The number of likely N-dealkylation sites (N-methyl/N-ethyl adjacent to an activating group) is 1. The summed E-state index contributed by atoms with van der Waals surface area (Å²) in [5, 5.41) is 10.9. The summed E-state index contributed by atoms with van der Waals surface area (Å²) in [5.41, 5.74) is 7.04. The predicted octanol–water partition coefficient (Wildman–Crippen LogP) is 1.31. The van der Waals surface area contributed by atoms with Gasteiger partial charge in [-0.3, -0.25) is 15.0 Å². The van der Waals surface area contributed by atoms with Gasteiger partial charge in [-0.2, -0.15) is 0 Å². The molecule has 0 bridgehead atoms. The van der Waals surface area contributed by atoms with E-state index in [4.69, 9.17) is 5.73 Å². The normalized spacial score (nSPS) is 18.2.